The van der Waals surface area contributed by atoms with Gasteiger partial charge in [-0.3, -0.25) is 24.0 Å². The molecule has 14 nitrogen and oxygen atoms in total. The van der Waals surface area contributed by atoms with Gasteiger partial charge in [-0.25, -0.2) is 0 Å². The van der Waals surface area contributed by atoms with Gasteiger partial charge in [-0.1, -0.05) is 20.8 Å². The summed E-state index contributed by atoms with van der Waals surface area (Å²) < 4.78 is 51.0. The van der Waals surface area contributed by atoms with Gasteiger partial charge in [-0.15, -0.1) is 0 Å². The lowest BCUT2D eigenvalue weighted by molar-refractivity contribution is -0.488. The van der Waals surface area contributed by atoms with Gasteiger partial charge < -0.3 is 42.7 Å². The Labute approximate surface area is 275 Å². The maximum absolute atomic E-state index is 14.6. The molecule has 8 aliphatic rings. The number of Topliss-reactive ketones (excluding diaryl/α,β-unsaturated/α-hetero) is 1. The van der Waals surface area contributed by atoms with Gasteiger partial charge in [0.15, 0.2) is 17.5 Å². The molecular formula is C34H38O14. The van der Waals surface area contributed by atoms with E-state index in [-0.39, 0.29) is 38.1 Å². The Balaban J connectivity index is 1.47. The van der Waals surface area contributed by atoms with Crippen LogP contribution < -0.4 is 0 Å². The molecule has 0 aromatic carbocycles. The molecule has 4 heterocycles. The highest BCUT2D eigenvalue weighted by molar-refractivity contribution is 6.03. The molecule has 48 heavy (non-hydrogen) atoms. The number of esters is 4. The van der Waals surface area contributed by atoms with E-state index in [9.17, 15) is 29.1 Å². The van der Waals surface area contributed by atoms with Crippen LogP contribution in [0.1, 0.15) is 88.8 Å². The Hall–Kier alpha value is -3.33. The number of ketones is 1. The highest BCUT2D eigenvalue weighted by atomic mass is 16.9. The van der Waals surface area contributed by atoms with E-state index in [4.69, 9.17) is 37.6 Å². The van der Waals surface area contributed by atoms with Crippen LogP contribution in [0.5, 0.6) is 0 Å². The van der Waals surface area contributed by atoms with Crippen molar-refractivity contribution in [1.29, 1.82) is 0 Å². The van der Waals surface area contributed by atoms with Crippen molar-refractivity contribution in [3.8, 4) is 0 Å². The SMILES string of the molecule is CCC(=O)O[C@@H]1[C@@]2(O)[C@@H](OC(C)=O)[C@@]3(C)C[C@]24OC2(C)O[C@]15[C@H](CC(=O)OC)[C@@]1(C)C[C@H](c6occc6C1=O)[C@]5(O2)[C@@]41COC(=O)C[C@@H]31. The number of aliphatic hydroxyl groups is 1. The summed E-state index contributed by atoms with van der Waals surface area (Å²) in [6.45, 7) is 7.63. The van der Waals surface area contributed by atoms with Gasteiger partial charge in [0.25, 0.3) is 5.97 Å². The lowest BCUT2D eigenvalue weighted by Crippen LogP contribution is -2.96. The molecule has 1 N–H and O–H groups in total. The van der Waals surface area contributed by atoms with Crippen LogP contribution in [0, 0.1) is 28.1 Å². The largest absolute Gasteiger partial charge is 0.469 e. The quantitative estimate of drug-likeness (QED) is 0.355. The minimum atomic E-state index is -2.34. The third-order valence-corrected chi connectivity index (χ3v) is 13.9. The molecule has 1 aromatic heterocycles. The van der Waals surface area contributed by atoms with Crippen LogP contribution in [0.25, 0.3) is 0 Å². The molecule has 0 radical (unpaired) electrons. The summed E-state index contributed by atoms with van der Waals surface area (Å²) in [6, 6.07) is 1.59. The van der Waals surface area contributed by atoms with Gasteiger partial charge in [0.1, 0.15) is 35.3 Å². The molecule has 6 bridgehead atoms. The molecule has 4 saturated carbocycles. The normalized spacial score (nSPS) is 52.6. The number of fused-ring (bicyclic) bond motifs is 7. The summed E-state index contributed by atoms with van der Waals surface area (Å²) >= 11 is 0. The van der Waals surface area contributed by atoms with Gasteiger partial charge in [-0.05, 0) is 24.8 Å². The van der Waals surface area contributed by atoms with Crippen molar-refractivity contribution in [2.75, 3.05) is 13.7 Å². The van der Waals surface area contributed by atoms with E-state index >= 15 is 0 Å². The molecule has 3 aliphatic heterocycles. The monoisotopic (exact) mass is 670 g/mol. The summed E-state index contributed by atoms with van der Waals surface area (Å²) in [5.41, 5.74) is -11.5. The lowest BCUT2D eigenvalue weighted by atomic mass is 9.30. The zero-order valence-corrected chi connectivity index (χ0v) is 27.5. The fourth-order valence-corrected chi connectivity index (χ4v) is 12.9. The van der Waals surface area contributed by atoms with Crippen LogP contribution in [0.3, 0.4) is 0 Å². The molecule has 13 atom stereocenters. The number of hydrogen-bond acceptors (Lipinski definition) is 14. The smallest absolute Gasteiger partial charge is 0.306 e. The fourth-order valence-electron chi connectivity index (χ4n) is 12.9. The van der Waals surface area contributed by atoms with Gasteiger partial charge in [0, 0.05) is 43.4 Å². The van der Waals surface area contributed by atoms with Crippen molar-refractivity contribution in [1.82, 2.24) is 0 Å². The fraction of sp³-hybridized carbons (Fsp3) is 0.735. The van der Waals surface area contributed by atoms with Crippen molar-refractivity contribution in [3.63, 3.8) is 0 Å². The summed E-state index contributed by atoms with van der Waals surface area (Å²) in [7, 11) is 1.23. The molecular weight excluding hydrogens is 632 g/mol. The van der Waals surface area contributed by atoms with Crippen LogP contribution in [-0.2, 0) is 52.3 Å². The highest BCUT2D eigenvalue weighted by Gasteiger charge is 3.06. The first kappa shape index (κ1) is 30.7. The van der Waals surface area contributed by atoms with Crippen molar-refractivity contribution in [2.24, 2.45) is 28.1 Å². The number of carbonyl (C=O) groups excluding carboxylic acids is 5. The van der Waals surface area contributed by atoms with E-state index in [0.29, 0.717) is 11.3 Å². The zero-order valence-electron chi connectivity index (χ0n) is 27.5. The molecule has 1 aromatic rings. The Morgan fingerprint density at radius 3 is 2.48 bits per heavy atom. The average Bonchev–Trinajstić information content (AvgIpc) is 3.71. The van der Waals surface area contributed by atoms with Crippen LogP contribution >= 0.6 is 0 Å². The number of cyclic esters (lactones) is 1. The molecule has 5 aliphatic carbocycles. The summed E-state index contributed by atoms with van der Waals surface area (Å²) in [4.78, 5) is 67.9. The minimum absolute atomic E-state index is 0.0612. The number of furan rings is 1. The first-order valence-corrected chi connectivity index (χ1v) is 16.6. The minimum Gasteiger partial charge on any atom is -0.469 e. The second kappa shape index (κ2) is 8.51. The first-order chi connectivity index (χ1) is 22.5. The van der Waals surface area contributed by atoms with Crippen LogP contribution in [0.15, 0.2) is 16.7 Å². The number of carbonyl (C=O) groups is 5. The Kier molecular flexibility index (Phi) is 5.44. The highest BCUT2D eigenvalue weighted by Crippen LogP contribution is 2.91. The Morgan fingerprint density at radius 1 is 1.04 bits per heavy atom. The third kappa shape index (κ3) is 2.70. The molecule has 9 rings (SSSR count). The molecule has 258 valence electrons. The van der Waals surface area contributed by atoms with Crippen LogP contribution in [0.2, 0.25) is 0 Å². The predicted molar refractivity (Wildman–Crippen MR) is 153 cm³/mol. The van der Waals surface area contributed by atoms with Crippen molar-refractivity contribution in [2.45, 2.75) is 113 Å². The van der Waals surface area contributed by atoms with E-state index in [2.05, 4.69) is 0 Å². The summed E-state index contributed by atoms with van der Waals surface area (Å²) in [5.74, 6) is -7.19. The standard InChI is InChI=1S/C34H38O14/c1-7-20(36)45-26-32(40)25(44-15(2)35)28(4)13-31(32)30(14-43-22(38)10-18(28)30)34-17-12-27(3,24(39)16-8-9-42-23(16)17)19(11-21(37)41-6)33(26,34)47-29(5,46-31)48-34/h8-9,17-19,25-26,40H,7,10-14H2,1-6H3/t17-,18+,19-,25+,26-,27-,28+,29?,30-,31-,32+,33-,34+/m1/s1. The van der Waals surface area contributed by atoms with E-state index in [1.807, 2.05) is 6.92 Å². The summed E-state index contributed by atoms with van der Waals surface area (Å²) in [5, 5.41) is 13.7. The lowest BCUT2D eigenvalue weighted by Gasteiger charge is -2.78. The second-order valence-electron chi connectivity index (χ2n) is 15.7. The molecule has 14 heteroatoms. The Bertz CT molecular complexity index is 1750. The molecule has 0 amide bonds. The third-order valence-electron chi connectivity index (χ3n) is 13.9. The van der Waals surface area contributed by atoms with E-state index < -0.39 is 105 Å². The predicted octanol–water partition coefficient (Wildman–Crippen LogP) is 2.09. The van der Waals surface area contributed by atoms with Gasteiger partial charge in [0.2, 0.25) is 0 Å². The number of hydrogen-bond donors (Lipinski definition) is 1. The molecule has 3 spiro atoms. The number of ether oxygens (including phenoxy) is 7. The van der Waals surface area contributed by atoms with Crippen molar-refractivity contribution in [3.05, 3.63) is 23.7 Å². The molecule has 3 saturated heterocycles. The summed E-state index contributed by atoms with van der Waals surface area (Å²) in [6.07, 6.45) is -2.11. The molecule has 7 fully saturated rings. The van der Waals surface area contributed by atoms with Crippen molar-refractivity contribution >= 4 is 29.7 Å². The Morgan fingerprint density at radius 2 is 1.79 bits per heavy atom. The maximum atomic E-state index is 14.6. The van der Waals surface area contributed by atoms with Gasteiger partial charge in [0.05, 0.1) is 36.7 Å². The van der Waals surface area contributed by atoms with Crippen LogP contribution in [-0.4, -0.2) is 89.1 Å². The number of methoxy groups -OCH3 is 1. The van der Waals surface area contributed by atoms with Crippen molar-refractivity contribution < 1.29 is 66.7 Å². The van der Waals surface area contributed by atoms with E-state index in [0.717, 1.165) is 0 Å². The average molecular weight is 671 g/mol. The van der Waals surface area contributed by atoms with E-state index in [1.54, 1.807) is 26.8 Å². The van der Waals surface area contributed by atoms with Crippen LogP contribution in [0.4, 0.5) is 0 Å². The van der Waals surface area contributed by atoms with E-state index in [1.165, 1.54) is 20.3 Å². The number of rotatable bonds is 5. The topological polar surface area (TPSA) is 183 Å². The van der Waals surface area contributed by atoms with Gasteiger partial charge >= 0.3 is 23.9 Å². The zero-order chi connectivity index (χ0) is 34.2. The molecule has 1 unspecified atom stereocenters. The maximum Gasteiger partial charge on any atom is 0.306 e. The van der Waals surface area contributed by atoms with Gasteiger partial charge in [-0.2, -0.15) is 0 Å². The second-order valence-corrected chi connectivity index (χ2v) is 15.7. The first-order valence-electron chi connectivity index (χ1n) is 16.6.